The summed E-state index contributed by atoms with van der Waals surface area (Å²) in [6, 6.07) is 2.24. The Kier molecular flexibility index (Phi) is 5.21. The molecule has 18 heavy (non-hydrogen) atoms. The van der Waals surface area contributed by atoms with Crippen molar-refractivity contribution in [2.75, 3.05) is 18.5 Å². The van der Waals surface area contributed by atoms with Crippen molar-refractivity contribution in [3.8, 4) is 0 Å². The molecule has 1 atom stereocenters. The van der Waals surface area contributed by atoms with Crippen molar-refractivity contribution in [2.24, 2.45) is 11.8 Å². The van der Waals surface area contributed by atoms with Gasteiger partial charge < -0.3 is 10.4 Å². The number of aliphatic hydroxyl groups is 1. The van der Waals surface area contributed by atoms with Gasteiger partial charge >= 0.3 is 0 Å². The van der Waals surface area contributed by atoms with E-state index in [1.54, 1.807) is 0 Å². The number of benzene rings is 1. The molecule has 0 aliphatic heterocycles. The highest BCUT2D eigenvalue weighted by Crippen LogP contribution is 2.27. The van der Waals surface area contributed by atoms with Crippen LogP contribution in [0.15, 0.2) is 6.07 Å². The molecular formula is C16H27NO. The third-order valence-corrected chi connectivity index (χ3v) is 4.08. The molecule has 1 aromatic carbocycles. The van der Waals surface area contributed by atoms with Gasteiger partial charge in [-0.2, -0.15) is 0 Å². The minimum Gasteiger partial charge on any atom is -0.396 e. The highest BCUT2D eigenvalue weighted by Gasteiger charge is 2.14. The Morgan fingerprint density at radius 2 is 1.56 bits per heavy atom. The molecule has 0 aliphatic carbocycles. The van der Waals surface area contributed by atoms with E-state index < -0.39 is 0 Å². The van der Waals surface area contributed by atoms with E-state index in [1.165, 1.54) is 27.9 Å². The molecule has 0 spiro atoms. The van der Waals surface area contributed by atoms with Gasteiger partial charge in [0.1, 0.15) is 0 Å². The number of hydrogen-bond acceptors (Lipinski definition) is 2. The summed E-state index contributed by atoms with van der Waals surface area (Å²) in [4.78, 5) is 0. The summed E-state index contributed by atoms with van der Waals surface area (Å²) in [5.41, 5.74) is 6.53. The SMILES string of the molecule is Cc1cc(C)c(C)c(NCC(CO)C(C)C)c1C. The molecule has 0 radical (unpaired) electrons. The van der Waals surface area contributed by atoms with Gasteiger partial charge in [-0.15, -0.1) is 0 Å². The molecule has 0 heterocycles. The van der Waals surface area contributed by atoms with Crippen LogP contribution < -0.4 is 5.32 Å². The molecule has 0 amide bonds. The Morgan fingerprint density at radius 1 is 1.06 bits per heavy atom. The highest BCUT2D eigenvalue weighted by atomic mass is 16.3. The first kappa shape index (κ1) is 15.0. The Labute approximate surface area is 111 Å². The van der Waals surface area contributed by atoms with E-state index in [0.29, 0.717) is 11.8 Å². The molecular weight excluding hydrogens is 222 g/mol. The van der Waals surface area contributed by atoms with Crippen molar-refractivity contribution >= 4 is 5.69 Å². The molecule has 2 N–H and O–H groups in total. The van der Waals surface area contributed by atoms with E-state index in [0.717, 1.165) is 6.54 Å². The normalized spacial score (nSPS) is 12.9. The smallest absolute Gasteiger partial charge is 0.0478 e. The first-order valence-corrected chi connectivity index (χ1v) is 6.80. The largest absolute Gasteiger partial charge is 0.396 e. The second-order valence-electron chi connectivity index (χ2n) is 5.70. The van der Waals surface area contributed by atoms with Crippen molar-refractivity contribution < 1.29 is 5.11 Å². The van der Waals surface area contributed by atoms with E-state index in [-0.39, 0.29) is 6.61 Å². The highest BCUT2D eigenvalue weighted by molar-refractivity contribution is 5.62. The number of aliphatic hydroxyl groups excluding tert-OH is 1. The van der Waals surface area contributed by atoms with Crippen molar-refractivity contribution in [1.29, 1.82) is 0 Å². The van der Waals surface area contributed by atoms with Crippen molar-refractivity contribution in [3.05, 3.63) is 28.3 Å². The fourth-order valence-corrected chi connectivity index (χ4v) is 2.23. The molecule has 1 rings (SSSR count). The van der Waals surface area contributed by atoms with E-state index in [9.17, 15) is 5.11 Å². The van der Waals surface area contributed by atoms with Crippen LogP contribution in [0.5, 0.6) is 0 Å². The first-order valence-electron chi connectivity index (χ1n) is 6.80. The zero-order valence-electron chi connectivity index (χ0n) is 12.6. The molecule has 0 saturated heterocycles. The Balaban J connectivity index is 2.91. The zero-order chi connectivity index (χ0) is 13.9. The topological polar surface area (TPSA) is 32.3 Å². The van der Waals surface area contributed by atoms with Crippen molar-refractivity contribution in [1.82, 2.24) is 0 Å². The third kappa shape index (κ3) is 3.26. The van der Waals surface area contributed by atoms with Crippen LogP contribution in [0.3, 0.4) is 0 Å². The molecule has 0 fully saturated rings. The van der Waals surface area contributed by atoms with Gasteiger partial charge in [0.05, 0.1) is 0 Å². The molecule has 102 valence electrons. The second kappa shape index (κ2) is 6.24. The van der Waals surface area contributed by atoms with E-state index in [1.807, 2.05) is 0 Å². The summed E-state index contributed by atoms with van der Waals surface area (Å²) in [6.45, 7) is 14.0. The van der Waals surface area contributed by atoms with Crippen LogP contribution in [-0.4, -0.2) is 18.3 Å². The summed E-state index contributed by atoms with van der Waals surface area (Å²) in [5.74, 6) is 0.804. The van der Waals surface area contributed by atoms with E-state index >= 15 is 0 Å². The summed E-state index contributed by atoms with van der Waals surface area (Å²) in [6.07, 6.45) is 0. The maximum absolute atomic E-state index is 9.38. The first-order chi connectivity index (χ1) is 8.38. The summed E-state index contributed by atoms with van der Waals surface area (Å²) >= 11 is 0. The number of hydrogen-bond donors (Lipinski definition) is 2. The minimum atomic E-state index is 0.244. The summed E-state index contributed by atoms with van der Waals surface area (Å²) in [7, 11) is 0. The van der Waals surface area contributed by atoms with Gasteiger partial charge in [0, 0.05) is 24.8 Å². The monoisotopic (exact) mass is 249 g/mol. The van der Waals surface area contributed by atoms with Crippen LogP contribution in [0.1, 0.15) is 36.1 Å². The van der Waals surface area contributed by atoms with E-state index in [4.69, 9.17) is 0 Å². The van der Waals surface area contributed by atoms with Gasteiger partial charge in [-0.05, 0) is 55.9 Å². The molecule has 0 bridgehead atoms. The van der Waals surface area contributed by atoms with E-state index in [2.05, 4.69) is 52.9 Å². The lowest BCUT2D eigenvalue weighted by molar-refractivity contribution is 0.198. The average Bonchev–Trinajstić information content (AvgIpc) is 2.31. The Bertz CT molecular complexity index is 384. The van der Waals surface area contributed by atoms with Gasteiger partial charge in [-0.3, -0.25) is 0 Å². The maximum atomic E-state index is 9.38. The lowest BCUT2D eigenvalue weighted by Crippen LogP contribution is -2.23. The van der Waals surface area contributed by atoms with Gasteiger partial charge in [-0.25, -0.2) is 0 Å². The average molecular weight is 249 g/mol. The van der Waals surface area contributed by atoms with Gasteiger partial charge in [0.2, 0.25) is 0 Å². The quantitative estimate of drug-likeness (QED) is 0.835. The number of aryl methyl sites for hydroxylation is 2. The van der Waals surface area contributed by atoms with Crippen LogP contribution >= 0.6 is 0 Å². The predicted octanol–water partition coefficient (Wildman–Crippen LogP) is 3.60. The predicted molar refractivity (Wildman–Crippen MR) is 79.3 cm³/mol. The van der Waals surface area contributed by atoms with Crippen LogP contribution in [0.25, 0.3) is 0 Å². The molecule has 2 nitrogen and oxygen atoms in total. The molecule has 1 aromatic rings. The van der Waals surface area contributed by atoms with Gasteiger partial charge in [0.15, 0.2) is 0 Å². The van der Waals surface area contributed by atoms with Gasteiger partial charge in [0.25, 0.3) is 0 Å². The molecule has 0 saturated carbocycles. The third-order valence-electron chi connectivity index (χ3n) is 4.08. The second-order valence-corrected chi connectivity index (χ2v) is 5.70. The lowest BCUT2D eigenvalue weighted by atomic mass is 9.95. The summed E-state index contributed by atoms with van der Waals surface area (Å²) < 4.78 is 0. The summed E-state index contributed by atoms with van der Waals surface area (Å²) in [5, 5.41) is 12.9. The molecule has 0 aliphatic rings. The maximum Gasteiger partial charge on any atom is 0.0478 e. The zero-order valence-corrected chi connectivity index (χ0v) is 12.6. The van der Waals surface area contributed by atoms with Gasteiger partial charge in [-0.1, -0.05) is 19.9 Å². The van der Waals surface area contributed by atoms with Crippen molar-refractivity contribution in [3.63, 3.8) is 0 Å². The van der Waals surface area contributed by atoms with Crippen LogP contribution in [-0.2, 0) is 0 Å². The number of rotatable bonds is 5. The molecule has 0 aromatic heterocycles. The fraction of sp³-hybridized carbons (Fsp3) is 0.625. The molecule has 1 unspecified atom stereocenters. The minimum absolute atomic E-state index is 0.244. The van der Waals surface area contributed by atoms with Crippen LogP contribution in [0, 0.1) is 39.5 Å². The Morgan fingerprint density at radius 3 is 1.94 bits per heavy atom. The standard InChI is InChI=1S/C16H27NO/c1-10(2)15(9-18)8-17-16-13(5)11(3)7-12(4)14(16)6/h7,10,15,17-18H,8-9H2,1-6H3. The molecule has 2 heteroatoms. The number of nitrogens with one attached hydrogen (secondary N) is 1. The van der Waals surface area contributed by atoms with Crippen LogP contribution in [0.4, 0.5) is 5.69 Å². The fourth-order valence-electron chi connectivity index (χ4n) is 2.23. The van der Waals surface area contributed by atoms with Crippen LogP contribution in [0.2, 0.25) is 0 Å². The lowest BCUT2D eigenvalue weighted by Gasteiger charge is -2.22. The number of anilines is 1. The Hall–Kier alpha value is -1.02. The van der Waals surface area contributed by atoms with Crippen molar-refractivity contribution in [2.45, 2.75) is 41.5 Å².